The van der Waals surface area contributed by atoms with Crippen LogP contribution in [-0.2, 0) is 16.6 Å². The number of hydrogen-bond acceptors (Lipinski definition) is 5. The minimum absolute atomic E-state index is 0.0553. The van der Waals surface area contributed by atoms with E-state index in [1.807, 2.05) is 31.2 Å². The molecule has 2 aromatic heterocycles. The summed E-state index contributed by atoms with van der Waals surface area (Å²) in [6, 6.07) is 11.2. The highest BCUT2D eigenvalue weighted by Crippen LogP contribution is 2.36. The fourth-order valence-electron chi connectivity index (χ4n) is 2.99. The summed E-state index contributed by atoms with van der Waals surface area (Å²) in [4.78, 5) is 12.7. The lowest BCUT2D eigenvalue weighted by Crippen LogP contribution is -2.31. The van der Waals surface area contributed by atoms with Gasteiger partial charge in [-0.15, -0.1) is 5.10 Å². The highest BCUT2D eigenvalue weighted by Gasteiger charge is 2.31. The summed E-state index contributed by atoms with van der Waals surface area (Å²) in [6.07, 6.45) is 4.92. The van der Waals surface area contributed by atoms with Gasteiger partial charge in [0.15, 0.2) is 5.76 Å². The second-order valence-electron chi connectivity index (χ2n) is 7.06. The molecule has 0 unspecified atom stereocenters. The SMILES string of the molecule is Cc1ccc(C=CS(=O)(=O)NCCn2nc(-c3ccco3)n(C3CC3)c2=O)cc1. The van der Waals surface area contributed by atoms with Gasteiger partial charge in [-0.25, -0.2) is 22.6 Å². The molecule has 1 aliphatic rings. The number of aryl methyl sites for hydroxylation is 1. The summed E-state index contributed by atoms with van der Waals surface area (Å²) in [7, 11) is -3.62. The Morgan fingerprint density at radius 1 is 1.24 bits per heavy atom. The first kappa shape index (κ1) is 19.4. The van der Waals surface area contributed by atoms with Gasteiger partial charge in [-0.1, -0.05) is 29.8 Å². The van der Waals surface area contributed by atoms with E-state index in [1.54, 1.807) is 16.7 Å². The van der Waals surface area contributed by atoms with E-state index in [4.69, 9.17) is 4.42 Å². The van der Waals surface area contributed by atoms with Gasteiger partial charge in [-0.3, -0.25) is 4.57 Å². The van der Waals surface area contributed by atoms with Crippen molar-refractivity contribution in [3.8, 4) is 11.6 Å². The molecule has 29 heavy (non-hydrogen) atoms. The van der Waals surface area contributed by atoms with E-state index in [2.05, 4.69) is 9.82 Å². The van der Waals surface area contributed by atoms with Crippen molar-refractivity contribution < 1.29 is 12.8 Å². The Morgan fingerprint density at radius 2 is 2.00 bits per heavy atom. The molecule has 1 saturated carbocycles. The zero-order valence-electron chi connectivity index (χ0n) is 16.0. The number of furan rings is 1. The van der Waals surface area contributed by atoms with Gasteiger partial charge >= 0.3 is 5.69 Å². The monoisotopic (exact) mass is 414 g/mol. The van der Waals surface area contributed by atoms with E-state index in [9.17, 15) is 13.2 Å². The highest BCUT2D eigenvalue weighted by molar-refractivity contribution is 7.92. The van der Waals surface area contributed by atoms with Gasteiger partial charge in [-0.2, -0.15) is 0 Å². The van der Waals surface area contributed by atoms with Gasteiger partial charge in [-0.05, 0) is 43.5 Å². The summed E-state index contributed by atoms with van der Waals surface area (Å²) in [5.41, 5.74) is 1.64. The third-order valence-electron chi connectivity index (χ3n) is 4.67. The first-order chi connectivity index (χ1) is 13.9. The first-order valence-corrected chi connectivity index (χ1v) is 11.0. The predicted molar refractivity (Wildman–Crippen MR) is 110 cm³/mol. The zero-order valence-corrected chi connectivity index (χ0v) is 16.8. The summed E-state index contributed by atoms with van der Waals surface area (Å²) >= 11 is 0. The maximum absolute atomic E-state index is 12.7. The molecule has 2 heterocycles. The fraction of sp³-hybridized carbons (Fsp3) is 0.300. The molecule has 0 bridgehead atoms. The average molecular weight is 414 g/mol. The number of benzene rings is 1. The summed E-state index contributed by atoms with van der Waals surface area (Å²) in [5, 5.41) is 5.48. The van der Waals surface area contributed by atoms with Crippen LogP contribution in [0.4, 0.5) is 0 Å². The second-order valence-corrected chi connectivity index (χ2v) is 8.71. The molecule has 0 saturated heterocycles. The van der Waals surface area contributed by atoms with Crippen LogP contribution in [0.3, 0.4) is 0 Å². The van der Waals surface area contributed by atoms with Crippen molar-refractivity contribution in [1.29, 1.82) is 0 Å². The molecule has 0 amide bonds. The van der Waals surface area contributed by atoms with E-state index in [0.717, 1.165) is 29.4 Å². The largest absolute Gasteiger partial charge is 0.461 e. The van der Waals surface area contributed by atoms with E-state index < -0.39 is 10.0 Å². The summed E-state index contributed by atoms with van der Waals surface area (Å²) < 4.78 is 35.2. The highest BCUT2D eigenvalue weighted by atomic mass is 32.2. The average Bonchev–Trinajstić information content (AvgIpc) is 3.26. The van der Waals surface area contributed by atoms with Crippen molar-refractivity contribution in [2.45, 2.75) is 32.4 Å². The molecule has 0 atom stereocenters. The Bertz CT molecular complexity index is 1170. The van der Waals surface area contributed by atoms with Crippen LogP contribution < -0.4 is 10.4 Å². The van der Waals surface area contributed by atoms with Gasteiger partial charge in [0.25, 0.3) is 0 Å². The number of sulfonamides is 1. The molecule has 3 aromatic rings. The van der Waals surface area contributed by atoms with Crippen molar-refractivity contribution in [2.75, 3.05) is 6.54 Å². The maximum atomic E-state index is 12.7. The second kappa shape index (κ2) is 7.84. The number of nitrogens with one attached hydrogen (secondary N) is 1. The third kappa shape index (κ3) is 4.57. The molecule has 152 valence electrons. The smallest absolute Gasteiger partial charge is 0.346 e. The predicted octanol–water partition coefficient (Wildman–Crippen LogP) is 2.54. The van der Waals surface area contributed by atoms with Gasteiger partial charge < -0.3 is 4.42 Å². The lowest BCUT2D eigenvalue weighted by atomic mass is 10.2. The molecule has 0 radical (unpaired) electrons. The zero-order chi connectivity index (χ0) is 20.4. The van der Waals surface area contributed by atoms with Crippen molar-refractivity contribution in [2.24, 2.45) is 0 Å². The van der Waals surface area contributed by atoms with Crippen molar-refractivity contribution in [3.63, 3.8) is 0 Å². The van der Waals surface area contributed by atoms with E-state index in [1.165, 1.54) is 17.0 Å². The molecule has 1 aromatic carbocycles. The van der Waals surface area contributed by atoms with E-state index in [0.29, 0.717) is 11.6 Å². The topological polar surface area (TPSA) is 99.1 Å². The molecule has 1 N–H and O–H groups in total. The fourth-order valence-corrected chi connectivity index (χ4v) is 3.80. The number of hydrogen-bond donors (Lipinski definition) is 1. The Hall–Kier alpha value is -2.91. The number of aromatic nitrogens is 3. The Morgan fingerprint density at radius 3 is 2.66 bits per heavy atom. The van der Waals surface area contributed by atoms with Crippen molar-refractivity contribution in [3.05, 3.63) is 69.7 Å². The van der Waals surface area contributed by atoms with Gasteiger partial charge in [0, 0.05) is 18.0 Å². The quantitative estimate of drug-likeness (QED) is 0.611. The van der Waals surface area contributed by atoms with Gasteiger partial charge in [0.2, 0.25) is 15.8 Å². The minimum Gasteiger partial charge on any atom is -0.461 e. The van der Waals surface area contributed by atoms with E-state index >= 15 is 0 Å². The third-order valence-corrected chi connectivity index (χ3v) is 5.77. The van der Waals surface area contributed by atoms with Crippen molar-refractivity contribution >= 4 is 16.1 Å². The maximum Gasteiger partial charge on any atom is 0.346 e. The van der Waals surface area contributed by atoms with Crippen LogP contribution in [0.15, 0.2) is 57.3 Å². The lowest BCUT2D eigenvalue weighted by Gasteiger charge is -2.02. The van der Waals surface area contributed by atoms with E-state index in [-0.39, 0.29) is 24.8 Å². The Labute approximate surface area is 168 Å². The van der Waals surface area contributed by atoms with Crippen molar-refractivity contribution in [1.82, 2.24) is 19.1 Å². The van der Waals surface area contributed by atoms with Gasteiger partial charge in [0.05, 0.1) is 12.8 Å². The molecule has 1 fully saturated rings. The summed E-state index contributed by atoms with van der Waals surface area (Å²) in [5.74, 6) is 0.999. The van der Waals surface area contributed by atoms with Crippen LogP contribution >= 0.6 is 0 Å². The first-order valence-electron chi connectivity index (χ1n) is 9.40. The van der Waals surface area contributed by atoms with Crippen LogP contribution in [0, 0.1) is 6.92 Å². The Kier molecular flexibility index (Phi) is 5.25. The molecular formula is C20H22N4O4S. The van der Waals surface area contributed by atoms with Crippen LogP contribution in [0.2, 0.25) is 0 Å². The van der Waals surface area contributed by atoms with Crippen LogP contribution in [0.1, 0.15) is 30.0 Å². The minimum atomic E-state index is -3.62. The summed E-state index contributed by atoms with van der Waals surface area (Å²) in [6.45, 7) is 2.15. The molecule has 0 aliphatic heterocycles. The van der Waals surface area contributed by atoms with Gasteiger partial charge in [0.1, 0.15) is 0 Å². The van der Waals surface area contributed by atoms with Crippen LogP contribution in [-0.4, -0.2) is 29.3 Å². The normalized spacial score (nSPS) is 14.7. The molecular weight excluding hydrogens is 392 g/mol. The van der Waals surface area contributed by atoms with Crippen LogP contribution in [0.5, 0.6) is 0 Å². The molecule has 4 rings (SSSR count). The van der Waals surface area contributed by atoms with Crippen LogP contribution in [0.25, 0.3) is 17.7 Å². The lowest BCUT2D eigenvalue weighted by molar-refractivity contribution is 0.551. The Balaban J connectivity index is 1.43. The molecule has 0 spiro atoms. The number of rotatable bonds is 8. The standard InChI is InChI=1S/C20H22N4O4S/c1-15-4-6-16(7-5-15)10-14-29(26,27)21-11-12-23-20(25)24(17-8-9-17)19(22-23)18-3-2-13-28-18/h2-7,10,13-14,17,21H,8-9,11-12H2,1H3. The number of nitrogens with zero attached hydrogens (tertiary/aromatic N) is 3. The molecule has 9 heteroatoms. The molecule has 8 nitrogen and oxygen atoms in total. The molecule has 1 aliphatic carbocycles.